The highest BCUT2D eigenvalue weighted by Gasteiger charge is 2.21. The molecule has 2 N–H and O–H groups in total. The number of hydrogen-bond acceptors (Lipinski definition) is 3. The van der Waals surface area contributed by atoms with Crippen LogP contribution in [-0.4, -0.2) is 35.0 Å². The highest BCUT2D eigenvalue weighted by Crippen LogP contribution is 2.21. The van der Waals surface area contributed by atoms with Gasteiger partial charge in [-0.05, 0) is 37.2 Å². The first kappa shape index (κ1) is 18.2. The molecule has 2 amide bonds. The summed E-state index contributed by atoms with van der Waals surface area (Å²) in [7, 11) is 0. The van der Waals surface area contributed by atoms with Crippen LogP contribution in [-0.2, 0) is 9.59 Å². The molecule has 0 bridgehead atoms. The van der Waals surface area contributed by atoms with Crippen molar-refractivity contribution in [3.8, 4) is 0 Å². The number of hydrogen-bond donors (Lipinski definition) is 2. The molecule has 0 radical (unpaired) electrons. The van der Waals surface area contributed by atoms with Gasteiger partial charge in [0, 0.05) is 25.1 Å². The molecule has 1 aromatic rings. The fourth-order valence-corrected chi connectivity index (χ4v) is 2.97. The van der Waals surface area contributed by atoms with Gasteiger partial charge in [0.05, 0.1) is 0 Å². The standard InChI is InChI=1S/C19H26N2O3/c1-15(16-7-3-2-4-8-16)12-14-21-13-6-5-9-17(19(21)23)10-11-18(22)20-24/h2-4,7-9,15,24H,5-6,10-14H2,1H3,(H,20,22). The Kier molecular flexibility index (Phi) is 7.00. The van der Waals surface area contributed by atoms with E-state index in [0.717, 1.165) is 32.4 Å². The summed E-state index contributed by atoms with van der Waals surface area (Å²) in [5.41, 5.74) is 3.58. The van der Waals surface area contributed by atoms with Gasteiger partial charge in [-0.3, -0.25) is 14.8 Å². The van der Waals surface area contributed by atoms with Crippen LogP contribution in [0.5, 0.6) is 0 Å². The SMILES string of the molecule is CC(CCN1CCCC=C(CCC(=O)NO)C1=O)c1ccccc1. The van der Waals surface area contributed by atoms with Gasteiger partial charge in [0.25, 0.3) is 0 Å². The molecule has 24 heavy (non-hydrogen) atoms. The van der Waals surface area contributed by atoms with E-state index in [2.05, 4.69) is 19.1 Å². The Hall–Kier alpha value is -2.14. The zero-order valence-corrected chi connectivity index (χ0v) is 14.2. The number of nitrogens with zero attached hydrogens (tertiary/aromatic N) is 1. The molecule has 1 aliphatic heterocycles. The summed E-state index contributed by atoms with van der Waals surface area (Å²) in [5.74, 6) is -0.0365. The normalized spacial score (nSPS) is 16.3. The van der Waals surface area contributed by atoms with Crippen molar-refractivity contribution in [3.63, 3.8) is 0 Å². The minimum atomic E-state index is -0.461. The summed E-state index contributed by atoms with van der Waals surface area (Å²) in [5, 5.41) is 8.58. The first-order valence-corrected chi connectivity index (χ1v) is 8.58. The lowest BCUT2D eigenvalue weighted by Gasteiger charge is -2.24. The molecule has 5 heteroatoms. The molecule has 0 fully saturated rings. The molecule has 2 rings (SSSR count). The molecule has 0 aliphatic carbocycles. The highest BCUT2D eigenvalue weighted by molar-refractivity contribution is 5.94. The summed E-state index contributed by atoms with van der Waals surface area (Å²) < 4.78 is 0. The van der Waals surface area contributed by atoms with Crippen molar-refractivity contribution >= 4 is 11.8 Å². The van der Waals surface area contributed by atoms with Gasteiger partial charge in [0.15, 0.2) is 0 Å². The smallest absolute Gasteiger partial charge is 0.249 e. The van der Waals surface area contributed by atoms with E-state index in [-0.39, 0.29) is 12.3 Å². The lowest BCUT2D eigenvalue weighted by molar-refractivity contribution is -0.129. The topological polar surface area (TPSA) is 69.6 Å². The third kappa shape index (κ3) is 5.20. The van der Waals surface area contributed by atoms with Crippen molar-refractivity contribution in [1.29, 1.82) is 0 Å². The molecule has 5 nitrogen and oxygen atoms in total. The van der Waals surface area contributed by atoms with Gasteiger partial charge >= 0.3 is 0 Å². The fraction of sp³-hybridized carbons (Fsp3) is 0.474. The van der Waals surface area contributed by atoms with Crippen LogP contribution in [0.3, 0.4) is 0 Å². The van der Waals surface area contributed by atoms with Crippen LogP contribution in [0, 0.1) is 0 Å². The Bertz CT molecular complexity index is 584. The maximum atomic E-state index is 12.7. The lowest BCUT2D eigenvalue weighted by Crippen LogP contribution is -2.33. The molecule has 1 heterocycles. The maximum absolute atomic E-state index is 12.7. The van der Waals surface area contributed by atoms with Gasteiger partial charge in [-0.1, -0.05) is 43.3 Å². The number of rotatable bonds is 7. The second-order valence-electron chi connectivity index (χ2n) is 6.30. The molecule has 130 valence electrons. The lowest BCUT2D eigenvalue weighted by atomic mass is 9.97. The largest absolute Gasteiger partial charge is 0.339 e. The zero-order chi connectivity index (χ0) is 17.4. The molecule has 0 aromatic heterocycles. The van der Waals surface area contributed by atoms with E-state index < -0.39 is 5.91 Å². The van der Waals surface area contributed by atoms with E-state index in [9.17, 15) is 9.59 Å². The van der Waals surface area contributed by atoms with Gasteiger partial charge < -0.3 is 4.90 Å². The van der Waals surface area contributed by atoms with E-state index >= 15 is 0 Å². The number of carbonyl (C=O) groups excluding carboxylic acids is 2. The van der Waals surface area contributed by atoms with Crippen LogP contribution in [0.15, 0.2) is 42.0 Å². The molecular weight excluding hydrogens is 304 g/mol. The first-order chi connectivity index (χ1) is 11.6. The van der Waals surface area contributed by atoms with E-state index in [1.54, 1.807) is 5.48 Å². The quantitative estimate of drug-likeness (QED) is 0.596. The summed E-state index contributed by atoms with van der Waals surface area (Å²) in [6.07, 6.45) is 5.15. The average molecular weight is 330 g/mol. The first-order valence-electron chi connectivity index (χ1n) is 8.58. The van der Waals surface area contributed by atoms with Crippen LogP contribution in [0.1, 0.15) is 50.5 Å². The summed E-state index contributed by atoms with van der Waals surface area (Å²) in [6, 6.07) is 10.3. The average Bonchev–Trinajstić information content (AvgIpc) is 2.79. The molecule has 0 saturated carbocycles. The van der Waals surface area contributed by atoms with Crippen LogP contribution in [0.25, 0.3) is 0 Å². The number of amides is 2. The summed E-state index contributed by atoms with van der Waals surface area (Å²) in [6.45, 7) is 3.66. The van der Waals surface area contributed by atoms with E-state index in [0.29, 0.717) is 17.9 Å². The van der Waals surface area contributed by atoms with Gasteiger partial charge in [0.1, 0.15) is 0 Å². The Labute approximate surface area is 143 Å². The monoisotopic (exact) mass is 330 g/mol. The fourth-order valence-electron chi connectivity index (χ4n) is 2.97. The molecule has 0 saturated heterocycles. The molecular formula is C19H26N2O3. The van der Waals surface area contributed by atoms with Crippen LogP contribution < -0.4 is 5.48 Å². The van der Waals surface area contributed by atoms with Crippen molar-refractivity contribution in [1.82, 2.24) is 10.4 Å². The van der Waals surface area contributed by atoms with Gasteiger partial charge in [-0.25, -0.2) is 5.48 Å². The third-order valence-electron chi connectivity index (χ3n) is 4.53. The van der Waals surface area contributed by atoms with Crippen molar-refractivity contribution < 1.29 is 14.8 Å². The molecule has 1 aliphatic rings. The minimum Gasteiger partial charge on any atom is -0.339 e. The van der Waals surface area contributed by atoms with Gasteiger partial charge in [-0.15, -0.1) is 0 Å². The maximum Gasteiger partial charge on any atom is 0.249 e. The highest BCUT2D eigenvalue weighted by atomic mass is 16.5. The van der Waals surface area contributed by atoms with Crippen LogP contribution >= 0.6 is 0 Å². The van der Waals surface area contributed by atoms with Crippen molar-refractivity contribution in [2.24, 2.45) is 0 Å². The number of carbonyl (C=O) groups is 2. The Morgan fingerprint density at radius 2 is 2.08 bits per heavy atom. The van der Waals surface area contributed by atoms with E-state index in [1.165, 1.54) is 5.56 Å². The van der Waals surface area contributed by atoms with Gasteiger partial charge in [-0.2, -0.15) is 0 Å². The van der Waals surface area contributed by atoms with Gasteiger partial charge in [0.2, 0.25) is 11.8 Å². The van der Waals surface area contributed by atoms with E-state index in [4.69, 9.17) is 5.21 Å². The van der Waals surface area contributed by atoms with Crippen LogP contribution in [0.2, 0.25) is 0 Å². The van der Waals surface area contributed by atoms with Crippen molar-refractivity contribution in [3.05, 3.63) is 47.5 Å². The molecule has 0 spiro atoms. The van der Waals surface area contributed by atoms with Crippen molar-refractivity contribution in [2.75, 3.05) is 13.1 Å². The number of nitrogens with one attached hydrogen (secondary N) is 1. The molecule has 1 unspecified atom stereocenters. The third-order valence-corrected chi connectivity index (χ3v) is 4.53. The van der Waals surface area contributed by atoms with Crippen LogP contribution in [0.4, 0.5) is 0 Å². The second-order valence-corrected chi connectivity index (χ2v) is 6.30. The Morgan fingerprint density at radius 3 is 2.79 bits per heavy atom. The van der Waals surface area contributed by atoms with E-state index in [1.807, 2.05) is 29.2 Å². The predicted octanol–water partition coefficient (Wildman–Crippen LogP) is 3.01. The Morgan fingerprint density at radius 1 is 1.33 bits per heavy atom. The second kappa shape index (κ2) is 9.23. The predicted molar refractivity (Wildman–Crippen MR) is 92.5 cm³/mol. The number of benzene rings is 1. The zero-order valence-electron chi connectivity index (χ0n) is 14.2. The minimum absolute atomic E-state index is 0.0264. The Balaban J connectivity index is 1.91. The molecule has 1 atom stereocenters. The summed E-state index contributed by atoms with van der Waals surface area (Å²) in [4.78, 5) is 25.7. The summed E-state index contributed by atoms with van der Waals surface area (Å²) >= 11 is 0. The number of hydroxylamine groups is 1. The number of allylic oxidation sites excluding steroid dienone is 1. The van der Waals surface area contributed by atoms with Crippen molar-refractivity contribution in [2.45, 2.75) is 44.9 Å². The molecule has 1 aromatic carbocycles.